The fourth-order valence-corrected chi connectivity index (χ4v) is 5.56. The van der Waals surface area contributed by atoms with E-state index in [2.05, 4.69) is 28.3 Å². The summed E-state index contributed by atoms with van der Waals surface area (Å²) < 4.78 is 53.4. The maximum Gasteiger partial charge on any atom is 0.416 e. The van der Waals surface area contributed by atoms with Gasteiger partial charge < -0.3 is 10.2 Å². The second kappa shape index (κ2) is 9.64. The lowest BCUT2D eigenvalue weighted by molar-refractivity contribution is -0.137. The Balaban J connectivity index is 0.00000274. The molecule has 5 rings (SSSR count). The molecular weight excluding hydrogens is 488 g/mol. The van der Waals surface area contributed by atoms with Crippen LogP contribution in [0.3, 0.4) is 0 Å². The fraction of sp³-hybridized carbons (Fsp3) is 0.333. The van der Waals surface area contributed by atoms with Gasteiger partial charge in [-0.2, -0.15) is 13.2 Å². The first-order chi connectivity index (χ1) is 15.8. The number of hydrogen-bond acceptors (Lipinski definition) is 5. The van der Waals surface area contributed by atoms with Gasteiger partial charge in [-0.1, -0.05) is 13.0 Å². The lowest BCUT2D eigenvalue weighted by atomic mass is 10.1. The van der Waals surface area contributed by atoms with Gasteiger partial charge in [0.05, 0.1) is 16.9 Å². The summed E-state index contributed by atoms with van der Waals surface area (Å²) in [6, 6.07) is 12.5. The lowest BCUT2D eigenvalue weighted by Gasteiger charge is -2.42. The number of hydrogen-bond donors (Lipinski definition) is 1. The van der Waals surface area contributed by atoms with Crippen molar-refractivity contribution < 1.29 is 17.6 Å². The van der Waals surface area contributed by atoms with E-state index >= 15 is 0 Å². The van der Waals surface area contributed by atoms with Crippen molar-refractivity contribution in [3.05, 3.63) is 70.4 Å². The van der Waals surface area contributed by atoms with E-state index in [0.717, 1.165) is 34.4 Å². The number of aryl methyl sites for hydroxylation is 1. The molecule has 4 nitrogen and oxygen atoms in total. The Kier molecular flexibility index (Phi) is 6.98. The Bertz CT molecular complexity index is 1160. The number of nitrogens with zero attached hydrogens (tertiary/aromatic N) is 3. The summed E-state index contributed by atoms with van der Waals surface area (Å²) in [4.78, 5) is 3.26. The molecule has 2 aliphatic rings. The standard InChI is InChI=1S/C24H24F4N4S.ClH/c1-2-20-12-16-15-29-21-14-18(25)6-7-22(21)32(23(16)33-20)31-10-8-30(9-11-31)19-5-3-4-17(13-19)24(26,27)28;/h3-7,12-14,29H,2,8-11,15H2,1H3;1H. The number of fused-ring (bicyclic) bond motifs is 2. The zero-order valence-corrected chi connectivity index (χ0v) is 20.2. The van der Waals surface area contributed by atoms with Crippen LogP contribution < -0.4 is 15.2 Å². The number of halogens is 5. The van der Waals surface area contributed by atoms with E-state index in [-0.39, 0.29) is 18.2 Å². The topological polar surface area (TPSA) is 21.8 Å². The number of thiophene rings is 1. The molecule has 0 atom stereocenters. The van der Waals surface area contributed by atoms with Gasteiger partial charge in [-0.3, -0.25) is 5.01 Å². The van der Waals surface area contributed by atoms with E-state index in [4.69, 9.17) is 0 Å². The number of rotatable bonds is 3. The summed E-state index contributed by atoms with van der Waals surface area (Å²) in [7, 11) is 0. The van der Waals surface area contributed by atoms with Gasteiger partial charge >= 0.3 is 6.18 Å². The van der Waals surface area contributed by atoms with Crippen molar-refractivity contribution in [1.82, 2.24) is 5.01 Å². The van der Waals surface area contributed by atoms with Crippen LogP contribution in [0.1, 0.15) is 22.9 Å². The predicted octanol–water partition coefficient (Wildman–Crippen LogP) is 6.69. The smallest absolute Gasteiger partial charge is 0.379 e. The molecule has 1 fully saturated rings. The molecule has 2 aliphatic heterocycles. The molecule has 1 saturated heterocycles. The Hall–Kier alpha value is -2.49. The Morgan fingerprint density at radius 2 is 1.76 bits per heavy atom. The third kappa shape index (κ3) is 4.69. The van der Waals surface area contributed by atoms with Crippen LogP contribution in [0.15, 0.2) is 48.5 Å². The van der Waals surface area contributed by atoms with Gasteiger partial charge in [-0.15, -0.1) is 23.7 Å². The molecule has 2 aromatic carbocycles. The molecule has 0 bridgehead atoms. The highest BCUT2D eigenvalue weighted by atomic mass is 35.5. The molecule has 1 N–H and O–H groups in total. The second-order valence-corrected chi connectivity index (χ2v) is 9.33. The summed E-state index contributed by atoms with van der Waals surface area (Å²) in [5.74, 6) is -0.296. The second-order valence-electron chi connectivity index (χ2n) is 8.21. The summed E-state index contributed by atoms with van der Waals surface area (Å²) in [5.41, 5.74) is 2.72. The first kappa shape index (κ1) is 24.6. The highest BCUT2D eigenvalue weighted by molar-refractivity contribution is 7.16. The molecule has 0 amide bonds. The van der Waals surface area contributed by atoms with Gasteiger partial charge in [0, 0.05) is 48.9 Å². The fourth-order valence-electron chi connectivity index (χ4n) is 4.40. The quantitative estimate of drug-likeness (QED) is 0.395. The molecule has 3 heterocycles. The minimum absolute atomic E-state index is 0. The van der Waals surface area contributed by atoms with E-state index in [9.17, 15) is 17.6 Å². The summed E-state index contributed by atoms with van der Waals surface area (Å²) in [6.07, 6.45) is -3.42. The van der Waals surface area contributed by atoms with Gasteiger partial charge in [0.15, 0.2) is 0 Å². The number of hydrazine groups is 1. The van der Waals surface area contributed by atoms with Gasteiger partial charge in [0.1, 0.15) is 10.8 Å². The van der Waals surface area contributed by atoms with Crippen molar-refractivity contribution in [2.75, 3.05) is 41.4 Å². The molecule has 0 unspecified atom stereocenters. The summed E-state index contributed by atoms with van der Waals surface area (Å²) in [5, 5.41) is 8.85. The zero-order chi connectivity index (χ0) is 23.2. The Labute approximate surface area is 206 Å². The van der Waals surface area contributed by atoms with Crippen molar-refractivity contribution in [3.8, 4) is 0 Å². The summed E-state index contributed by atoms with van der Waals surface area (Å²) in [6.45, 7) is 5.17. The van der Waals surface area contributed by atoms with Crippen molar-refractivity contribution in [3.63, 3.8) is 0 Å². The number of piperazine rings is 1. The molecule has 10 heteroatoms. The SMILES string of the molecule is CCc1cc2c(s1)N(N1CCN(c3cccc(C(F)(F)F)c3)CC1)c1ccc(F)cc1NC2.Cl. The third-order valence-corrected chi connectivity index (χ3v) is 7.41. The van der Waals surface area contributed by atoms with E-state index in [1.165, 1.54) is 29.1 Å². The van der Waals surface area contributed by atoms with Gasteiger partial charge in [0.25, 0.3) is 0 Å². The van der Waals surface area contributed by atoms with Crippen molar-refractivity contribution in [1.29, 1.82) is 0 Å². The molecule has 0 spiro atoms. The van der Waals surface area contributed by atoms with E-state index in [0.29, 0.717) is 38.4 Å². The van der Waals surface area contributed by atoms with Crippen LogP contribution in [0.2, 0.25) is 0 Å². The molecule has 182 valence electrons. The van der Waals surface area contributed by atoms with Crippen molar-refractivity contribution >= 4 is 45.8 Å². The molecular formula is C24H25ClF4N4S. The molecule has 0 radical (unpaired) electrons. The first-order valence-corrected chi connectivity index (χ1v) is 11.8. The van der Waals surface area contributed by atoms with E-state index in [1.807, 2.05) is 4.90 Å². The number of benzene rings is 2. The van der Waals surface area contributed by atoms with Gasteiger partial charge in [0.2, 0.25) is 0 Å². The Morgan fingerprint density at radius 1 is 1.00 bits per heavy atom. The van der Waals surface area contributed by atoms with Crippen LogP contribution in [0.25, 0.3) is 0 Å². The number of anilines is 4. The third-order valence-electron chi connectivity index (χ3n) is 6.11. The van der Waals surface area contributed by atoms with Crippen LogP contribution in [-0.4, -0.2) is 31.2 Å². The average Bonchev–Trinajstić information content (AvgIpc) is 3.15. The maximum absolute atomic E-state index is 14.0. The van der Waals surface area contributed by atoms with Crippen LogP contribution in [0.5, 0.6) is 0 Å². The van der Waals surface area contributed by atoms with Crippen LogP contribution in [0.4, 0.5) is 39.6 Å². The number of alkyl halides is 3. The maximum atomic E-state index is 14.0. The van der Waals surface area contributed by atoms with Crippen LogP contribution >= 0.6 is 23.7 Å². The molecule has 3 aromatic rings. The molecule has 34 heavy (non-hydrogen) atoms. The largest absolute Gasteiger partial charge is 0.416 e. The molecule has 0 saturated carbocycles. The minimum Gasteiger partial charge on any atom is -0.379 e. The number of nitrogens with one attached hydrogen (secondary N) is 1. The van der Waals surface area contributed by atoms with E-state index in [1.54, 1.807) is 23.5 Å². The zero-order valence-electron chi connectivity index (χ0n) is 18.5. The average molecular weight is 513 g/mol. The monoisotopic (exact) mass is 512 g/mol. The van der Waals surface area contributed by atoms with Crippen LogP contribution in [0, 0.1) is 5.82 Å². The lowest BCUT2D eigenvalue weighted by Crippen LogP contribution is -2.52. The summed E-state index contributed by atoms with van der Waals surface area (Å²) >= 11 is 1.73. The first-order valence-electron chi connectivity index (χ1n) is 11.0. The van der Waals surface area contributed by atoms with E-state index < -0.39 is 11.7 Å². The van der Waals surface area contributed by atoms with Gasteiger partial charge in [-0.25, -0.2) is 9.40 Å². The normalized spacial score (nSPS) is 16.3. The van der Waals surface area contributed by atoms with Gasteiger partial charge in [-0.05, 0) is 48.9 Å². The molecule has 0 aliphatic carbocycles. The predicted molar refractivity (Wildman–Crippen MR) is 132 cm³/mol. The highest BCUT2D eigenvalue weighted by Gasteiger charge is 2.33. The van der Waals surface area contributed by atoms with Crippen molar-refractivity contribution in [2.24, 2.45) is 0 Å². The van der Waals surface area contributed by atoms with Crippen molar-refractivity contribution in [2.45, 2.75) is 26.1 Å². The van der Waals surface area contributed by atoms with Crippen LogP contribution in [-0.2, 0) is 19.1 Å². The Morgan fingerprint density at radius 3 is 2.47 bits per heavy atom. The highest BCUT2D eigenvalue weighted by Crippen LogP contribution is 2.44. The molecule has 1 aromatic heterocycles. The minimum atomic E-state index is -4.36.